The first kappa shape index (κ1) is 7.68. The molecule has 1 aromatic heterocycles. The third-order valence-electron chi connectivity index (χ3n) is 2.82. The van der Waals surface area contributed by atoms with Crippen molar-refractivity contribution in [2.75, 3.05) is 0 Å². The summed E-state index contributed by atoms with van der Waals surface area (Å²) < 4.78 is 0. The van der Waals surface area contributed by atoms with E-state index in [1.807, 2.05) is 0 Å². The number of aromatic amines is 1. The number of hydrogen-bond acceptors (Lipinski definition) is 1. The van der Waals surface area contributed by atoms with Gasteiger partial charge in [-0.15, -0.1) is 0 Å². The van der Waals surface area contributed by atoms with Crippen molar-refractivity contribution < 1.29 is 0 Å². The average molecular weight is 184 g/mol. The Bertz CT molecular complexity index is 520. The molecular weight excluding hydrogens is 172 g/mol. The highest BCUT2D eigenvalue weighted by atomic mass is 14.7. The Kier molecular flexibility index (Phi) is 1.45. The summed E-state index contributed by atoms with van der Waals surface area (Å²) >= 11 is 0. The van der Waals surface area contributed by atoms with Crippen molar-refractivity contribution in [3.63, 3.8) is 0 Å². The van der Waals surface area contributed by atoms with Gasteiger partial charge in [-0.25, -0.2) is 0 Å². The van der Waals surface area contributed by atoms with E-state index < -0.39 is 0 Å². The maximum Gasteiger partial charge on any atom is 0.0462 e. The lowest BCUT2D eigenvalue weighted by atomic mass is 10.0. The number of para-hydroxylation sites is 1. The zero-order valence-corrected chi connectivity index (χ0v) is 7.88. The van der Waals surface area contributed by atoms with Gasteiger partial charge < -0.3 is 10.7 Å². The van der Waals surface area contributed by atoms with Crippen LogP contribution in [0.4, 0.5) is 0 Å². The van der Waals surface area contributed by atoms with Crippen molar-refractivity contribution in [3.05, 3.63) is 41.2 Å². The first-order valence-corrected chi connectivity index (χ1v) is 4.90. The molecule has 0 saturated carbocycles. The highest BCUT2D eigenvalue weighted by molar-refractivity contribution is 5.91. The van der Waals surface area contributed by atoms with Crippen molar-refractivity contribution in [1.82, 2.24) is 4.98 Å². The maximum atomic E-state index is 5.85. The van der Waals surface area contributed by atoms with Crippen molar-refractivity contribution in [1.29, 1.82) is 0 Å². The van der Waals surface area contributed by atoms with E-state index in [-0.39, 0.29) is 0 Å². The molecule has 0 atom stereocenters. The minimum Gasteiger partial charge on any atom is -0.402 e. The van der Waals surface area contributed by atoms with Gasteiger partial charge in [-0.3, -0.25) is 0 Å². The number of H-pyrrole nitrogens is 1. The van der Waals surface area contributed by atoms with Gasteiger partial charge in [0.25, 0.3) is 0 Å². The van der Waals surface area contributed by atoms with Crippen LogP contribution < -0.4 is 5.73 Å². The predicted molar refractivity (Wildman–Crippen MR) is 58.8 cm³/mol. The van der Waals surface area contributed by atoms with Crippen molar-refractivity contribution in [2.24, 2.45) is 5.73 Å². The third kappa shape index (κ3) is 0.970. The molecule has 0 spiro atoms. The molecule has 14 heavy (non-hydrogen) atoms. The summed E-state index contributed by atoms with van der Waals surface area (Å²) in [7, 11) is 0. The topological polar surface area (TPSA) is 41.8 Å². The number of nitrogens with one attached hydrogen (secondary N) is 1. The van der Waals surface area contributed by atoms with E-state index in [0.717, 1.165) is 18.5 Å². The zero-order chi connectivity index (χ0) is 9.54. The largest absolute Gasteiger partial charge is 0.402 e. The van der Waals surface area contributed by atoms with Crippen molar-refractivity contribution in [2.45, 2.75) is 12.8 Å². The van der Waals surface area contributed by atoms with Crippen LogP contribution in [-0.2, 0) is 6.42 Å². The molecule has 0 radical (unpaired) electrons. The molecule has 1 aliphatic rings. The number of allylic oxidation sites excluding steroid dienone is 1. The lowest BCUT2D eigenvalue weighted by molar-refractivity contribution is 0.890. The van der Waals surface area contributed by atoms with E-state index >= 15 is 0 Å². The van der Waals surface area contributed by atoms with Gasteiger partial charge in [-0.1, -0.05) is 18.2 Å². The van der Waals surface area contributed by atoms with Gasteiger partial charge in [0.05, 0.1) is 0 Å². The molecule has 0 fully saturated rings. The Morgan fingerprint density at radius 1 is 1.14 bits per heavy atom. The Hall–Kier alpha value is -1.70. The molecule has 2 aromatic rings. The molecule has 1 aromatic carbocycles. The quantitative estimate of drug-likeness (QED) is 0.648. The molecule has 0 saturated heterocycles. The highest BCUT2D eigenvalue weighted by Gasteiger charge is 2.13. The fourth-order valence-corrected chi connectivity index (χ4v) is 2.11. The summed E-state index contributed by atoms with van der Waals surface area (Å²) in [6.45, 7) is 0. The average Bonchev–Trinajstić information content (AvgIpc) is 2.56. The third-order valence-corrected chi connectivity index (χ3v) is 2.82. The number of aromatic nitrogens is 1. The van der Waals surface area contributed by atoms with Crippen LogP contribution in [0, 0.1) is 0 Å². The van der Waals surface area contributed by atoms with Gasteiger partial charge in [0.2, 0.25) is 0 Å². The molecule has 0 bridgehead atoms. The zero-order valence-electron chi connectivity index (χ0n) is 7.88. The highest BCUT2D eigenvalue weighted by Crippen LogP contribution is 2.28. The van der Waals surface area contributed by atoms with Gasteiger partial charge in [0, 0.05) is 27.9 Å². The first-order valence-electron chi connectivity index (χ1n) is 4.90. The maximum absolute atomic E-state index is 5.85. The van der Waals surface area contributed by atoms with Crippen LogP contribution in [0.5, 0.6) is 0 Å². The molecule has 0 aliphatic heterocycles. The number of hydrogen-bond donors (Lipinski definition) is 2. The molecule has 1 aliphatic carbocycles. The standard InChI is InChI=1S/C12H12N2/c13-8-5-6-12-10(7-8)9-3-1-2-4-11(9)14-12/h1-4,7,14H,5-6,13H2. The summed E-state index contributed by atoms with van der Waals surface area (Å²) in [5.41, 5.74) is 10.6. The molecule has 0 unspecified atom stereocenters. The van der Waals surface area contributed by atoms with E-state index in [1.165, 1.54) is 22.2 Å². The minimum absolute atomic E-state index is 0.972. The Labute approximate surface area is 82.4 Å². The van der Waals surface area contributed by atoms with E-state index in [0.29, 0.717) is 0 Å². The van der Waals surface area contributed by atoms with E-state index in [2.05, 4.69) is 35.3 Å². The van der Waals surface area contributed by atoms with Gasteiger partial charge in [-0.2, -0.15) is 0 Å². The summed E-state index contributed by atoms with van der Waals surface area (Å²) in [6.07, 6.45) is 4.10. The molecule has 0 amide bonds. The fraction of sp³-hybridized carbons (Fsp3) is 0.167. The normalized spacial score (nSPS) is 15.3. The minimum atomic E-state index is 0.972. The van der Waals surface area contributed by atoms with Gasteiger partial charge in [-0.05, 0) is 25.0 Å². The van der Waals surface area contributed by atoms with E-state index in [4.69, 9.17) is 5.73 Å². The number of rotatable bonds is 0. The van der Waals surface area contributed by atoms with Crippen molar-refractivity contribution >= 4 is 17.0 Å². The van der Waals surface area contributed by atoms with E-state index in [1.54, 1.807) is 0 Å². The fourth-order valence-electron chi connectivity index (χ4n) is 2.11. The van der Waals surface area contributed by atoms with Crippen LogP contribution in [-0.4, -0.2) is 4.98 Å². The molecule has 3 rings (SSSR count). The predicted octanol–water partition coefficient (Wildman–Crippen LogP) is 2.41. The van der Waals surface area contributed by atoms with Crippen molar-refractivity contribution in [3.8, 4) is 0 Å². The first-order chi connectivity index (χ1) is 6.84. The Morgan fingerprint density at radius 2 is 2.00 bits per heavy atom. The number of aryl methyl sites for hydroxylation is 1. The lowest BCUT2D eigenvalue weighted by Gasteiger charge is -2.08. The SMILES string of the molecule is NC1=Cc2c([nH]c3ccccc23)CC1. The summed E-state index contributed by atoms with van der Waals surface area (Å²) in [5, 5.41) is 1.28. The molecule has 2 heteroatoms. The van der Waals surface area contributed by atoms with Crippen LogP contribution in [0.25, 0.3) is 17.0 Å². The van der Waals surface area contributed by atoms with Crippen LogP contribution in [0.2, 0.25) is 0 Å². The smallest absolute Gasteiger partial charge is 0.0462 e. The second-order valence-corrected chi connectivity index (χ2v) is 3.78. The summed E-state index contributed by atoms with van der Waals surface area (Å²) in [6, 6.07) is 8.36. The molecule has 1 heterocycles. The number of benzene rings is 1. The monoisotopic (exact) mass is 184 g/mol. The number of fused-ring (bicyclic) bond motifs is 3. The van der Waals surface area contributed by atoms with Gasteiger partial charge in [0.1, 0.15) is 0 Å². The summed E-state index contributed by atoms with van der Waals surface area (Å²) in [5.74, 6) is 0. The van der Waals surface area contributed by atoms with Crippen LogP contribution in [0.15, 0.2) is 30.0 Å². The second kappa shape index (κ2) is 2.64. The lowest BCUT2D eigenvalue weighted by Crippen LogP contribution is -2.04. The number of nitrogens with two attached hydrogens (primary N) is 1. The Balaban J connectivity index is 2.37. The Morgan fingerprint density at radius 3 is 2.93 bits per heavy atom. The van der Waals surface area contributed by atoms with E-state index in [9.17, 15) is 0 Å². The van der Waals surface area contributed by atoms with Gasteiger partial charge in [0.15, 0.2) is 0 Å². The van der Waals surface area contributed by atoms with Gasteiger partial charge >= 0.3 is 0 Å². The molecular formula is C12H12N2. The second-order valence-electron chi connectivity index (χ2n) is 3.78. The van der Waals surface area contributed by atoms with Crippen LogP contribution >= 0.6 is 0 Å². The van der Waals surface area contributed by atoms with Crippen LogP contribution in [0.3, 0.4) is 0 Å². The molecule has 70 valence electrons. The molecule has 2 nitrogen and oxygen atoms in total. The molecule has 3 N–H and O–H groups in total. The summed E-state index contributed by atoms with van der Waals surface area (Å²) in [4.78, 5) is 3.44. The van der Waals surface area contributed by atoms with Crippen LogP contribution in [0.1, 0.15) is 17.7 Å².